The Balaban J connectivity index is 1.22. The lowest BCUT2D eigenvalue weighted by atomic mass is 9.99. The number of rotatable bonds is 15. The summed E-state index contributed by atoms with van der Waals surface area (Å²) >= 11 is 0. The molecule has 0 amide bonds. The van der Waals surface area contributed by atoms with Gasteiger partial charge in [-0.2, -0.15) is 0 Å². The van der Waals surface area contributed by atoms with Crippen LogP contribution < -0.4 is 38.1 Å². The van der Waals surface area contributed by atoms with E-state index in [2.05, 4.69) is 30.6 Å². The number of aromatic nitrogens is 2. The molecule has 0 spiro atoms. The molecule has 296 valence electrons. The molecule has 3 aromatic carbocycles. The van der Waals surface area contributed by atoms with Crippen molar-refractivity contribution < 1.29 is 46.3 Å². The predicted molar refractivity (Wildman–Crippen MR) is 206 cm³/mol. The Morgan fingerprint density at radius 2 is 1.07 bits per heavy atom. The van der Waals surface area contributed by atoms with E-state index in [0.29, 0.717) is 47.6 Å². The molecule has 1 saturated heterocycles. The van der Waals surface area contributed by atoms with Crippen LogP contribution in [0.4, 0.5) is 18.9 Å². The molecule has 2 aromatic heterocycles. The van der Waals surface area contributed by atoms with Crippen LogP contribution in [0.5, 0.6) is 40.2 Å². The van der Waals surface area contributed by atoms with E-state index < -0.39 is 6.36 Å². The van der Waals surface area contributed by atoms with Gasteiger partial charge in [-0.3, -0.25) is 14.9 Å². The molecule has 6 rings (SSSR count). The highest BCUT2D eigenvalue weighted by Gasteiger charge is 2.31. The molecule has 0 atom stereocenters. The fourth-order valence-electron chi connectivity index (χ4n) is 7.07. The first kappa shape index (κ1) is 39.8. The lowest BCUT2D eigenvalue weighted by Crippen LogP contribution is -2.44. The third kappa shape index (κ3) is 9.31. The largest absolute Gasteiger partial charge is 0.573 e. The molecule has 3 heterocycles. The van der Waals surface area contributed by atoms with E-state index >= 15 is 0 Å². The zero-order valence-corrected chi connectivity index (χ0v) is 32.2. The summed E-state index contributed by atoms with van der Waals surface area (Å²) in [6.45, 7) is 2.77. The SMILES string of the molecule is COc1cc(-c2cncc(CN3CCC(N(Cc4cncc(-c5cc(OC)c(OC)c(OC)c5)c4)c4ccc(OC(F)(F)F)cc4)CC3)c2)cc(OC)c1OC. The van der Waals surface area contributed by atoms with Gasteiger partial charge in [-0.15, -0.1) is 13.2 Å². The van der Waals surface area contributed by atoms with Gasteiger partial charge in [-0.05, 0) is 95.8 Å². The van der Waals surface area contributed by atoms with Gasteiger partial charge in [0, 0.05) is 73.8 Å². The molecule has 11 nitrogen and oxygen atoms in total. The zero-order chi connectivity index (χ0) is 39.8. The Bertz CT molecular complexity index is 2040. The highest BCUT2D eigenvalue weighted by atomic mass is 19.4. The standard InChI is InChI=1S/C42H45F3N4O7/c1-50-36-17-29(18-37(51-2)40(36)54-5)31-15-27(21-46-23-31)25-48-13-11-34(12-14-48)49(33-7-9-35(10-8-33)56-42(43,44)45)26-28-16-32(24-47-22-28)30-19-38(52-3)41(55-6)39(20-30)53-4/h7-10,15-24,34H,11-14,25-26H2,1-6H3. The van der Waals surface area contributed by atoms with Gasteiger partial charge in [0.05, 0.1) is 42.7 Å². The summed E-state index contributed by atoms with van der Waals surface area (Å²) in [4.78, 5) is 13.7. The smallest absolute Gasteiger partial charge is 0.493 e. The summed E-state index contributed by atoms with van der Waals surface area (Å²) < 4.78 is 76.4. The third-order valence-electron chi connectivity index (χ3n) is 9.74. The number of pyridine rings is 2. The summed E-state index contributed by atoms with van der Waals surface area (Å²) in [5.41, 5.74) is 6.23. The molecule has 0 N–H and O–H groups in total. The van der Waals surface area contributed by atoms with Crippen LogP contribution in [0.2, 0.25) is 0 Å². The summed E-state index contributed by atoms with van der Waals surface area (Å²) in [5, 5.41) is 0. The second kappa shape index (κ2) is 17.7. The number of methoxy groups -OCH3 is 6. The highest BCUT2D eigenvalue weighted by molar-refractivity contribution is 5.72. The van der Waals surface area contributed by atoms with Crippen LogP contribution >= 0.6 is 0 Å². The number of ether oxygens (including phenoxy) is 7. The lowest BCUT2D eigenvalue weighted by molar-refractivity contribution is -0.274. The average molecular weight is 775 g/mol. The van der Waals surface area contributed by atoms with Crippen molar-refractivity contribution in [3.63, 3.8) is 0 Å². The molecule has 0 aliphatic carbocycles. The molecule has 0 saturated carbocycles. The second-order valence-electron chi connectivity index (χ2n) is 13.2. The number of benzene rings is 3. The molecule has 0 radical (unpaired) electrons. The third-order valence-corrected chi connectivity index (χ3v) is 9.74. The topological polar surface area (TPSA) is 96.9 Å². The Morgan fingerprint density at radius 3 is 1.52 bits per heavy atom. The van der Waals surface area contributed by atoms with E-state index in [4.69, 9.17) is 28.4 Å². The van der Waals surface area contributed by atoms with E-state index in [1.54, 1.807) is 67.2 Å². The number of hydrogen-bond donors (Lipinski definition) is 0. The highest BCUT2D eigenvalue weighted by Crippen LogP contribution is 2.43. The van der Waals surface area contributed by atoms with Crippen molar-refractivity contribution in [2.75, 3.05) is 60.6 Å². The predicted octanol–water partition coefficient (Wildman–Crippen LogP) is 8.43. The fraction of sp³-hybridized carbons (Fsp3) is 0.333. The van der Waals surface area contributed by atoms with Crippen LogP contribution in [0, 0.1) is 0 Å². The summed E-state index contributed by atoms with van der Waals surface area (Å²) in [6, 6.07) is 17.8. The molecular weight excluding hydrogens is 729 g/mol. The van der Waals surface area contributed by atoms with Gasteiger partial charge >= 0.3 is 6.36 Å². The van der Waals surface area contributed by atoms with Crippen molar-refractivity contribution in [2.24, 2.45) is 0 Å². The van der Waals surface area contributed by atoms with Gasteiger partial charge in [-0.25, -0.2) is 0 Å². The number of anilines is 1. The summed E-state index contributed by atoms with van der Waals surface area (Å²) in [7, 11) is 9.43. The normalized spacial score (nSPS) is 13.5. The molecule has 56 heavy (non-hydrogen) atoms. The van der Waals surface area contributed by atoms with Crippen molar-refractivity contribution in [3.8, 4) is 62.5 Å². The second-order valence-corrected chi connectivity index (χ2v) is 13.2. The molecule has 14 heteroatoms. The van der Waals surface area contributed by atoms with Crippen molar-refractivity contribution in [3.05, 3.63) is 96.6 Å². The van der Waals surface area contributed by atoms with Gasteiger partial charge in [-0.1, -0.05) is 0 Å². The first-order valence-electron chi connectivity index (χ1n) is 17.9. The van der Waals surface area contributed by atoms with Gasteiger partial charge < -0.3 is 38.1 Å². The van der Waals surface area contributed by atoms with E-state index in [0.717, 1.165) is 65.0 Å². The van der Waals surface area contributed by atoms with E-state index in [-0.39, 0.29) is 11.8 Å². The van der Waals surface area contributed by atoms with E-state index in [9.17, 15) is 13.2 Å². The lowest BCUT2D eigenvalue weighted by Gasteiger charge is -2.40. The van der Waals surface area contributed by atoms with Gasteiger partial charge in [0.15, 0.2) is 23.0 Å². The maximum absolute atomic E-state index is 13.0. The molecule has 0 unspecified atom stereocenters. The van der Waals surface area contributed by atoms with Crippen molar-refractivity contribution in [2.45, 2.75) is 38.3 Å². The summed E-state index contributed by atoms with van der Waals surface area (Å²) in [5.74, 6) is 2.89. The first-order valence-corrected chi connectivity index (χ1v) is 17.9. The minimum atomic E-state index is -4.78. The molecule has 5 aromatic rings. The fourth-order valence-corrected chi connectivity index (χ4v) is 7.07. The maximum Gasteiger partial charge on any atom is 0.573 e. The quantitative estimate of drug-likeness (QED) is 0.103. The Morgan fingerprint density at radius 1 is 0.607 bits per heavy atom. The monoisotopic (exact) mass is 774 g/mol. The van der Waals surface area contributed by atoms with E-state index in [1.165, 1.54) is 12.1 Å². The Hall–Kier alpha value is -5.89. The molecular formula is C42H45F3N4O7. The van der Waals surface area contributed by atoms with Crippen LogP contribution in [-0.2, 0) is 13.1 Å². The number of halogens is 3. The van der Waals surface area contributed by atoms with Crippen LogP contribution in [0.1, 0.15) is 24.0 Å². The van der Waals surface area contributed by atoms with Gasteiger partial charge in [0.1, 0.15) is 5.75 Å². The van der Waals surface area contributed by atoms with Gasteiger partial charge in [0.2, 0.25) is 11.5 Å². The number of piperidine rings is 1. The van der Waals surface area contributed by atoms with Crippen LogP contribution in [0.25, 0.3) is 22.3 Å². The number of alkyl halides is 3. The zero-order valence-electron chi connectivity index (χ0n) is 32.2. The van der Waals surface area contributed by atoms with Crippen molar-refractivity contribution in [1.29, 1.82) is 0 Å². The van der Waals surface area contributed by atoms with E-state index in [1.807, 2.05) is 42.7 Å². The van der Waals surface area contributed by atoms with Gasteiger partial charge in [0.25, 0.3) is 0 Å². The molecule has 1 fully saturated rings. The number of nitrogens with zero attached hydrogens (tertiary/aromatic N) is 4. The number of likely N-dealkylation sites (tertiary alicyclic amines) is 1. The van der Waals surface area contributed by atoms with Crippen LogP contribution in [0.15, 0.2) is 85.5 Å². The average Bonchev–Trinajstić information content (AvgIpc) is 3.22. The Labute approximate surface area is 324 Å². The molecule has 1 aliphatic heterocycles. The minimum Gasteiger partial charge on any atom is -0.493 e. The number of hydrogen-bond acceptors (Lipinski definition) is 11. The Kier molecular flexibility index (Phi) is 12.6. The first-order chi connectivity index (χ1) is 27.1. The molecule has 0 bridgehead atoms. The van der Waals surface area contributed by atoms with Crippen molar-refractivity contribution in [1.82, 2.24) is 14.9 Å². The van der Waals surface area contributed by atoms with Crippen molar-refractivity contribution >= 4 is 5.69 Å². The van der Waals surface area contributed by atoms with Crippen LogP contribution in [0.3, 0.4) is 0 Å². The maximum atomic E-state index is 13.0. The minimum absolute atomic E-state index is 0.0918. The van der Waals surface area contributed by atoms with Crippen LogP contribution in [-0.4, -0.2) is 83.0 Å². The summed E-state index contributed by atoms with van der Waals surface area (Å²) in [6.07, 6.45) is 4.11. The molecule has 1 aliphatic rings.